The van der Waals surface area contributed by atoms with Gasteiger partial charge in [0.15, 0.2) is 11.6 Å². The number of aliphatic hydroxyl groups is 4. The Morgan fingerprint density at radius 3 is 2.47 bits per heavy atom. The Labute approximate surface area is 257 Å². The molecule has 0 bridgehead atoms. The molecule has 3 aliphatic carbocycles. The summed E-state index contributed by atoms with van der Waals surface area (Å²) in [6.07, 6.45) is 0.487. The number of nitrogens with zero attached hydrogens (tertiary/aromatic N) is 2. The average Bonchev–Trinajstić information content (AvgIpc) is 3.36. The molecule has 1 aromatic carbocycles. The molecule has 4 atom stereocenters. The maximum Gasteiger partial charge on any atom is 0.250 e. The maximum absolute atomic E-state index is 14.1. The van der Waals surface area contributed by atoms with Crippen molar-refractivity contribution in [2.75, 3.05) is 27.2 Å². The Balaban J connectivity index is 1.42. The minimum atomic E-state index is -2.77. The van der Waals surface area contributed by atoms with E-state index in [0.717, 1.165) is 5.56 Å². The number of piperidine rings is 1. The Bertz CT molecular complexity index is 1620. The van der Waals surface area contributed by atoms with Gasteiger partial charge in [0.1, 0.15) is 23.0 Å². The molecule has 242 valence electrons. The van der Waals surface area contributed by atoms with Gasteiger partial charge in [-0.05, 0) is 62.5 Å². The molecular formula is C32H37F2N3O8. The van der Waals surface area contributed by atoms with Crippen molar-refractivity contribution < 1.29 is 48.3 Å². The second-order valence-electron chi connectivity index (χ2n) is 13.0. The van der Waals surface area contributed by atoms with E-state index < -0.39 is 70.7 Å². The Kier molecular flexibility index (Phi) is 7.58. The van der Waals surface area contributed by atoms with E-state index in [0.29, 0.717) is 23.4 Å². The van der Waals surface area contributed by atoms with Crippen LogP contribution in [0, 0.1) is 17.8 Å². The van der Waals surface area contributed by atoms with Gasteiger partial charge < -0.3 is 35.7 Å². The van der Waals surface area contributed by atoms with Crippen molar-refractivity contribution in [3.63, 3.8) is 0 Å². The number of carbonyl (C=O) groups is 2. The molecule has 0 spiro atoms. The molecule has 2 fully saturated rings. The van der Waals surface area contributed by atoms with Gasteiger partial charge in [-0.2, -0.15) is 0 Å². The van der Waals surface area contributed by atoms with Crippen molar-refractivity contribution in [2.24, 2.45) is 23.5 Å². The fraction of sp³-hybridized carbons (Fsp3) is 0.500. The Morgan fingerprint density at radius 2 is 1.82 bits per heavy atom. The topological polar surface area (TPSA) is 181 Å². The number of primary amides is 1. The summed E-state index contributed by atoms with van der Waals surface area (Å²) in [5.41, 5.74) is 6.82. The highest BCUT2D eigenvalue weighted by atomic mass is 19.3. The molecule has 11 nitrogen and oxygen atoms in total. The monoisotopic (exact) mass is 629 g/mol. The van der Waals surface area contributed by atoms with Crippen LogP contribution >= 0.6 is 0 Å². The molecule has 1 saturated carbocycles. The molecule has 13 heteroatoms. The molecule has 1 saturated heterocycles. The number of allylic oxidation sites excluding steroid dienone is 1. The van der Waals surface area contributed by atoms with Crippen LogP contribution in [0.4, 0.5) is 8.78 Å². The summed E-state index contributed by atoms with van der Waals surface area (Å²) in [5.74, 6) is -11.1. The number of phenols is 1. The van der Waals surface area contributed by atoms with Crippen LogP contribution in [0.1, 0.15) is 42.4 Å². The number of likely N-dealkylation sites (tertiary alicyclic amines) is 1. The number of amides is 1. The highest BCUT2D eigenvalue weighted by Gasteiger charge is 2.58. The third-order valence-corrected chi connectivity index (χ3v) is 9.93. The number of likely N-dealkylation sites (N-methyl/N-ethyl adjacent to an activating group) is 1. The molecule has 1 aliphatic heterocycles. The van der Waals surface area contributed by atoms with Gasteiger partial charge in [0.05, 0.1) is 29.4 Å². The normalized spacial score (nSPS) is 28.0. The van der Waals surface area contributed by atoms with E-state index in [2.05, 4.69) is 0 Å². The summed E-state index contributed by atoms with van der Waals surface area (Å²) in [4.78, 5) is 29.9. The number of furan rings is 1. The average molecular weight is 630 g/mol. The van der Waals surface area contributed by atoms with E-state index >= 15 is 0 Å². The summed E-state index contributed by atoms with van der Waals surface area (Å²) in [6, 6.07) is 3.79. The van der Waals surface area contributed by atoms with Crippen LogP contribution in [-0.4, -0.2) is 92.0 Å². The number of halogens is 2. The van der Waals surface area contributed by atoms with Gasteiger partial charge in [0.25, 0.3) is 5.92 Å². The highest BCUT2D eigenvalue weighted by Crippen LogP contribution is 2.53. The summed E-state index contributed by atoms with van der Waals surface area (Å²) < 4.78 is 33.4. The van der Waals surface area contributed by atoms with Gasteiger partial charge >= 0.3 is 0 Å². The second-order valence-corrected chi connectivity index (χ2v) is 13.0. The van der Waals surface area contributed by atoms with Crippen molar-refractivity contribution in [1.82, 2.24) is 9.80 Å². The number of fused-ring (bicyclic) bond motifs is 3. The lowest BCUT2D eigenvalue weighted by Gasteiger charge is -2.46. The summed E-state index contributed by atoms with van der Waals surface area (Å²) in [7, 11) is 3.25. The second kappa shape index (κ2) is 10.9. The van der Waals surface area contributed by atoms with Crippen LogP contribution in [0.3, 0.4) is 0 Å². The van der Waals surface area contributed by atoms with Crippen LogP contribution in [0.25, 0.3) is 17.1 Å². The van der Waals surface area contributed by atoms with Gasteiger partial charge in [-0.3, -0.25) is 19.4 Å². The minimum Gasteiger partial charge on any atom is -0.510 e. The molecular weight excluding hydrogens is 592 g/mol. The van der Waals surface area contributed by atoms with Gasteiger partial charge in [0.2, 0.25) is 5.91 Å². The van der Waals surface area contributed by atoms with Crippen LogP contribution in [0.5, 0.6) is 5.75 Å². The smallest absolute Gasteiger partial charge is 0.250 e. The molecule has 2 heterocycles. The third kappa shape index (κ3) is 5.21. The zero-order chi connectivity index (χ0) is 32.6. The summed E-state index contributed by atoms with van der Waals surface area (Å²) in [5, 5.41) is 56.1. The van der Waals surface area contributed by atoms with Crippen LogP contribution in [0.15, 0.2) is 45.8 Å². The molecule has 4 aliphatic rings. The predicted molar refractivity (Wildman–Crippen MR) is 157 cm³/mol. The summed E-state index contributed by atoms with van der Waals surface area (Å²) >= 11 is 0. The van der Waals surface area contributed by atoms with E-state index in [9.17, 15) is 43.9 Å². The molecule has 7 N–H and O–H groups in total. The number of carbonyl (C=O) groups excluding carboxylic acids is 2. The van der Waals surface area contributed by atoms with E-state index in [4.69, 9.17) is 10.2 Å². The first-order valence-electron chi connectivity index (χ1n) is 14.9. The number of phenolic OH excluding ortho intramolecular Hbond substituents is 1. The molecule has 6 rings (SSSR count). The largest absolute Gasteiger partial charge is 0.510 e. The number of aliphatic hydroxyl groups excluding tert-OH is 2. The molecule has 1 aromatic heterocycles. The van der Waals surface area contributed by atoms with Crippen molar-refractivity contribution in [2.45, 2.75) is 56.4 Å². The molecule has 1 amide bonds. The number of benzene rings is 1. The van der Waals surface area contributed by atoms with Crippen molar-refractivity contribution >= 4 is 17.4 Å². The van der Waals surface area contributed by atoms with Crippen LogP contribution in [0.2, 0.25) is 0 Å². The zero-order valence-electron chi connectivity index (χ0n) is 25.0. The zero-order valence-corrected chi connectivity index (χ0v) is 25.0. The number of rotatable bonds is 5. The van der Waals surface area contributed by atoms with Crippen molar-refractivity contribution in [3.8, 4) is 17.1 Å². The first kappa shape index (κ1) is 31.2. The number of hydrogen-bond donors (Lipinski definition) is 6. The lowest BCUT2D eigenvalue weighted by Crippen LogP contribution is -2.55. The minimum absolute atomic E-state index is 0.0172. The first-order chi connectivity index (χ1) is 21.1. The Hall–Kier alpha value is -3.78. The molecule has 45 heavy (non-hydrogen) atoms. The number of hydrogen-bond acceptors (Lipinski definition) is 10. The lowest BCUT2D eigenvalue weighted by atomic mass is 9.61. The van der Waals surface area contributed by atoms with Crippen LogP contribution in [-0.2, 0) is 22.6 Å². The standard InChI is InChI=1S/C32H37F2N3O8/c1-36(2)25-19-12-16-11-18-17(29-15(5-10-45-29)14-37-8-6-31(33,34)7-9-37)3-4-21(38)23(18)27(40)22(16)28(41)24(19)32(43,44)13-20(26(25)39)30(35)42/h3-5,10,16,19,24-25,38-40,43-44H,6-9,11-14H2,1-2H3,(H2,35,42)/t16-,19?,24?,25-/m0/s1. The van der Waals surface area contributed by atoms with Crippen molar-refractivity contribution in [1.29, 1.82) is 0 Å². The third-order valence-electron chi connectivity index (χ3n) is 9.93. The number of ketones is 1. The number of nitrogens with two attached hydrogens (primary N) is 1. The highest BCUT2D eigenvalue weighted by molar-refractivity contribution is 6.06. The number of Topliss-reactive ketones (excluding diaryl/α,β-unsaturated/α-hetero) is 1. The quantitative estimate of drug-likeness (QED) is 0.269. The lowest BCUT2D eigenvalue weighted by molar-refractivity contribution is -0.213. The maximum atomic E-state index is 14.1. The van der Waals surface area contributed by atoms with E-state index in [1.807, 2.05) is 4.90 Å². The van der Waals surface area contributed by atoms with Gasteiger partial charge in [-0.25, -0.2) is 8.78 Å². The number of alkyl halides is 2. The predicted octanol–water partition coefficient (Wildman–Crippen LogP) is 2.84. The van der Waals surface area contributed by atoms with Crippen LogP contribution < -0.4 is 5.73 Å². The van der Waals surface area contributed by atoms with Gasteiger partial charge in [0, 0.05) is 55.6 Å². The van der Waals surface area contributed by atoms with E-state index in [-0.39, 0.29) is 55.7 Å². The fourth-order valence-corrected chi connectivity index (χ4v) is 7.87. The molecule has 2 aromatic rings. The van der Waals surface area contributed by atoms with Gasteiger partial charge in [-0.15, -0.1) is 0 Å². The number of aromatic hydroxyl groups is 1. The fourth-order valence-electron chi connectivity index (χ4n) is 7.87. The molecule has 0 radical (unpaired) electrons. The van der Waals surface area contributed by atoms with E-state index in [1.54, 1.807) is 31.1 Å². The Morgan fingerprint density at radius 1 is 1.13 bits per heavy atom. The van der Waals surface area contributed by atoms with E-state index in [1.165, 1.54) is 12.3 Å². The van der Waals surface area contributed by atoms with Gasteiger partial charge in [-0.1, -0.05) is 0 Å². The summed E-state index contributed by atoms with van der Waals surface area (Å²) in [6.45, 7) is 0.783. The molecule has 2 unspecified atom stereocenters. The first-order valence-corrected chi connectivity index (χ1v) is 14.9. The SMILES string of the molecule is CN(C)[C@@H]1C(O)=C(C(N)=O)CC(O)(O)C2C(=O)C3=C(O)c4c(O)ccc(-c5occc5CN5CCC(F)(F)CC5)c4C[C@H]3CC21. The van der Waals surface area contributed by atoms with Crippen molar-refractivity contribution in [3.05, 3.63) is 58.1 Å².